The molecule has 1 fully saturated rings. The molecular formula is C27H27ClN4O2. The summed E-state index contributed by atoms with van der Waals surface area (Å²) < 4.78 is 8.04. The van der Waals surface area contributed by atoms with Crippen LogP contribution in [0.2, 0.25) is 5.02 Å². The number of hydrogen-bond donors (Lipinski definition) is 2. The molecule has 2 aromatic carbocycles. The Bertz CT molecular complexity index is 1340. The maximum Gasteiger partial charge on any atom is 0.224 e. The Morgan fingerprint density at radius 1 is 1.06 bits per heavy atom. The number of aromatic nitrogens is 2. The van der Waals surface area contributed by atoms with Gasteiger partial charge >= 0.3 is 0 Å². The van der Waals surface area contributed by atoms with E-state index >= 15 is 0 Å². The maximum atomic E-state index is 12.7. The summed E-state index contributed by atoms with van der Waals surface area (Å²) >= 11 is 6.08. The SMILES string of the molecule is O=c1cc(CNCCCNc2ccnc3cc(Cl)ccc23)n(C2CC2)cc1Oc1ccccc1. The molecule has 2 aromatic heterocycles. The highest BCUT2D eigenvalue weighted by atomic mass is 35.5. The van der Waals surface area contributed by atoms with Gasteiger partial charge in [0.05, 0.1) is 11.7 Å². The van der Waals surface area contributed by atoms with Crippen LogP contribution in [0.1, 0.15) is 31.0 Å². The van der Waals surface area contributed by atoms with Crippen LogP contribution in [0.4, 0.5) is 5.69 Å². The van der Waals surface area contributed by atoms with Gasteiger partial charge in [-0.2, -0.15) is 0 Å². The molecule has 0 atom stereocenters. The van der Waals surface area contributed by atoms with Crippen LogP contribution in [0.3, 0.4) is 0 Å². The van der Waals surface area contributed by atoms with Crippen molar-refractivity contribution in [3.8, 4) is 11.5 Å². The molecule has 1 aliphatic carbocycles. The molecule has 0 radical (unpaired) electrons. The predicted octanol–water partition coefficient (Wildman–Crippen LogP) is 5.77. The summed E-state index contributed by atoms with van der Waals surface area (Å²) in [6.45, 7) is 2.31. The molecule has 34 heavy (non-hydrogen) atoms. The Labute approximate surface area is 203 Å². The van der Waals surface area contributed by atoms with Gasteiger partial charge in [0.15, 0.2) is 5.75 Å². The topological polar surface area (TPSA) is 68.2 Å². The number of halogens is 1. The average Bonchev–Trinajstić information content (AvgIpc) is 3.68. The van der Waals surface area contributed by atoms with Crippen LogP contribution >= 0.6 is 11.6 Å². The normalized spacial score (nSPS) is 13.2. The summed E-state index contributed by atoms with van der Waals surface area (Å²) in [5.41, 5.74) is 2.84. The molecule has 0 saturated heterocycles. The summed E-state index contributed by atoms with van der Waals surface area (Å²) in [4.78, 5) is 17.1. The van der Waals surface area contributed by atoms with E-state index in [9.17, 15) is 4.79 Å². The first-order valence-corrected chi connectivity index (χ1v) is 12.0. The summed E-state index contributed by atoms with van der Waals surface area (Å²) in [5.74, 6) is 1.04. The van der Waals surface area contributed by atoms with Gasteiger partial charge in [-0.1, -0.05) is 29.8 Å². The second kappa shape index (κ2) is 10.3. The standard InChI is InChI=1S/C27H27ClN4O2/c28-19-7-10-23-24(11-14-31-25(23)15-19)30-13-4-12-29-17-21-16-26(33)27(18-32(21)20-8-9-20)34-22-5-2-1-3-6-22/h1-3,5-7,10-11,14-16,18,20,29H,4,8-9,12-13,17H2,(H,30,31). The third-order valence-electron chi connectivity index (χ3n) is 5.90. The molecule has 0 aliphatic heterocycles. The van der Waals surface area contributed by atoms with Crippen LogP contribution < -0.4 is 20.8 Å². The third kappa shape index (κ3) is 5.41. The van der Waals surface area contributed by atoms with Crippen molar-refractivity contribution in [2.45, 2.75) is 31.8 Å². The number of rotatable bonds is 10. The van der Waals surface area contributed by atoms with Gasteiger partial charge in [-0.3, -0.25) is 9.78 Å². The Hall–Kier alpha value is -3.35. The Balaban J connectivity index is 1.16. The van der Waals surface area contributed by atoms with Crippen LogP contribution in [-0.2, 0) is 6.54 Å². The van der Waals surface area contributed by atoms with Crippen molar-refractivity contribution in [2.75, 3.05) is 18.4 Å². The minimum absolute atomic E-state index is 0.0936. The van der Waals surface area contributed by atoms with Gasteiger partial charge in [0.2, 0.25) is 5.43 Å². The number of ether oxygens (including phenoxy) is 1. The lowest BCUT2D eigenvalue weighted by Crippen LogP contribution is -2.22. The van der Waals surface area contributed by atoms with Crippen molar-refractivity contribution in [2.24, 2.45) is 0 Å². The lowest BCUT2D eigenvalue weighted by molar-refractivity contribution is 0.465. The molecule has 7 heteroatoms. The first kappa shape index (κ1) is 22.4. The number of nitrogens with one attached hydrogen (secondary N) is 2. The minimum atomic E-state index is -0.0936. The molecule has 6 nitrogen and oxygen atoms in total. The summed E-state index contributed by atoms with van der Waals surface area (Å²) in [5, 5.41) is 8.72. The van der Waals surface area contributed by atoms with E-state index in [0.29, 0.717) is 29.1 Å². The van der Waals surface area contributed by atoms with Crippen molar-refractivity contribution in [1.29, 1.82) is 0 Å². The molecule has 1 aliphatic rings. The highest BCUT2D eigenvalue weighted by Crippen LogP contribution is 2.36. The molecule has 4 aromatic rings. The lowest BCUT2D eigenvalue weighted by atomic mass is 10.2. The van der Waals surface area contributed by atoms with Crippen molar-refractivity contribution in [1.82, 2.24) is 14.9 Å². The van der Waals surface area contributed by atoms with E-state index in [1.165, 1.54) is 0 Å². The van der Waals surface area contributed by atoms with Gasteiger partial charge < -0.3 is 19.9 Å². The second-order valence-corrected chi connectivity index (χ2v) is 8.96. The number of fused-ring (bicyclic) bond motifs is 1. The van der Waals surface area contributed by atoms with E-state index in [1.807, 2.05) is 60.8 Å². The first-order chi connectivity index (χ1) is 16.7. The van der Waals surface area contributed by atoms with E-state index < -0.39 is 0 Å². The third-order valence-corrected chi connectivity index (χ3v) is 6.13. The van der Waals surface area contributed by atoms with Crippen LogP contribution in [0, 0.1) is 0 Å². The molecule has 1 saturated carbocycles. The second-order valence-electron chi connectivity index (χ2n) is 8.52. The molecule has 174 valence electrons. The summed E-state index contributed by atoms with van der Waals surface area (Å²) in [7, 11) is 0. The number of pyridine rings is 2. The highest BCUT2D eigenvalue weighted by molar-refractivity contribution is 6.31. The van der Waals surface area contributed by atoms with E-state index in [4.69, 9.17) is 16.3 Å². The molecule has 2 N–H and O–H groups in total. The van der Waals surface area contributed by atoms with E-state index in [-0.39, 0.29) is 5.43 Å². The zero-order valence-electron chi connectivity index (χ0n) is 18.8. The quantitative estimate of drug-likeness (QED) is 0.286. The van der Waals surface area contributed by atoms with Crippen molar-refractivity contribution < 1.29 is 4.74 Å². The molecule has 2 heterocycles. The Morgan fingerprint density at radius 3 is 2.74 bits per heavy atom. The number of para-hydroxylation sites is 1. The first-order valence-electron chi connectivity index (χ1n) is 11.6. The van der Waals surface area contributed by atoms with Gasteiger partial charge in [-0.15, -0.1) is 0 Å². The van der Waals surface area contributed by atoms with Crippen molar-refractivity contribution >= 4 is 28.2 Å². The Morgan fingerprint density at radius 2 is 1.91 bits per heavy atom. The molecule has 0 unspecified atom stereocenters. The van der Waals surface area contributed by atoms with Crippen LogP contribution in [0.25, 0.3) is 10.9 Å². The van der Waals surface area contributed by atoms with Crippen molar-refractivity contribution in [3.63, 3.8) is 0 Å². The number of anilines is 1. The molecule has 0 spiro atoms. The fraction of sp³-hybridized carbons (Fsp3) is 0.259. The Kier molecular flexibility index (Phi) is 6.79. The number of hydrogen-bond acceptors (Lipinski definition) is 5. The number of nitrogens with zero attached hydrogens (tertiary/aromatic N) is 2. The predicted molar refractivity (Wildman–Crippen MR) is 137 cm³/mol. The largest absolute Gasteiger partial charge is 0.452 e. The monoisotopic (exact) mass is 474 g/mol. The zero-order chi connectivity index (χ0) is 23.3. The number of benzene rings is 2. The van der Waals surface area contributed by atoms with Gasteiger partial charge in [0.1, 0.15) is 5.75 Å². The lowest BCUT2D eigenvalue weighted by Gasteiger charge is -2.16. The smallest absolute Gasteiger partial charge is 0.224 e. The van der Waals surface area contributed by atoms with Crippen LogP contribution in [0.5, 0.6) is 11.5 Å². The molecule has 0 bridgehead atoms. The molecule has 0 amide bonds. The highest BCUT2D eigenvalue weighted by Gasteiger charge is 2.25. The van der Waals surface area contributed by atoms with Gasteiger partial charge in [0.25, 0.3) is 0 Å². The maximum absolute atomic E-state index is 12.7. The minimum Gasteiger partial charge on any atom is -0.452 e. The molecule has 5 rings (SSSR count). The zero-order valence-corrected chi connectivity index (χ0v) is 19.6. The van der Waals surface area contributed by atoms with Gasteiger partial charge in [0, 0.05) is 53.2 Å². The van der Waals surface area contributed by atoms with E-state index in [1.54, 1.807) is 12.3 Å². The fourth-order valence-electron chi connectivity index (χ4n) is 4.03. The molecular weight excluding hydrogens is 448 g/mol. The van der Waals surface area contributed by atoms with Crippen LogP contribution in [-0.4, -0.2) is 22.6 Å². The van der Waals surface area contributed by atoms with E-state index in [2.05, 4.69) is 20.2 Å². The average molecular weight is 475 g/mol. The summed E-state index contributed by atoms with van der Waals surface area (Å²) in [6.07, 6.45) is 6.87. The van der Waals surface area contributed by atoms with Gasteiger partial charge in [-0.25, -0.2) is 0 Å². The van der Waals surface area contributed by atoms with E-state index in [0.717, 1.165) is 54.6 Å². The van der Waals surface area contributed by atoms with Crippen LogP contribution in [0.15, 0.2) is 77.9 Å². The van der Waals surface area contributed by atoms with Crippen molar-refractivity contribution in [3.05, 3.63) is 94.0 Å². The van der Waals surface area contributed by atoms with Gasteiger partial charge in [-0.05, 0) is 62.2 Å². The fourth-order valence-corrected chi connectivity index (χ4v) is 4.19. The summed E-state index contributed by atoms with van der Waals surface area (Å²) in [6, 6.07) is 19.3.